The van der Waals surface area contributed by atoms with E-state index in [2.05, 4.69) is 13.2 Å². The van der Waals surface area contributed by atoms with Crippen LogP contribution in [0.4, 0.5) is 0 Å². The van der Waals surface area contributed by atoms with Crippen LogP contribution in [0.3, 0.4) is 0 Å². The van der Waals surface area contributed by atoms with E-state index >= 15 is 0 Å². The van der Waals surface area contributed by atoms with Crippen molar-refractivity contribution in [3.05, 3.63) is 141 Å². The second-order valence-corrected chi connectivity index (χ2v) is 13.4. The summed E-state index contributed by atoms with van der Waals surface area (Å²) in [5, 5.41) is 0.268. The van der Waals surface area contributed by atoms with Crippen molar-refractivity contribution >= 4 is 92.8 Å². The van der Waals surface area contributed by atoms with Gasteiger partial charge in [-0.15, -0.1) is 59.6 Å². The average Bonchev–Trinajstić information content (AvgIpc) is 2.91. The van der Waals surface area contributed by atoms with Crippen LogP contribution in [0.2, 0.25) is 0 Å². The third kappa shape index (κ3) is 5.47. The Kier molecular flexibility index (Phi) is 9.29. The van der Waals surface area contributed by atoms with Gasteiger partial charge in [0.25, 0.3) is 0 Å². The lowest BCUT2D eigenvalue weighted by molar-refractivity contribution is 0.229. The number of hydrogen-bond donors (Lipinski definition) is 0. The summed E-state index contributed by atoms with van der Waals surface area (Å²) in [5.41, 5.74) is 1.80. The van der Waals surface area contributed by atoms with Gasteiger partial charge in [0.2, 0.25) is 0 Å². The minimum absolute atomic E-state index is 0.00450. The van der Waals surface area contributed by atoms with E-state index in [1.165, 1.54) is 12.2 Å². The van der Waals surface area contributed by atoms with Gasteiger partial charge in [-0.1, -0.05) is 119 Å². The number of halogens is 8. The summed E-state index contributed by atoms with van der Waals surface area (Å²) in [5.74, 6) is -0.0474. The molecule has 2 aromatic rings. The molecule has 0 radical (unpaired) electrons. The van der Waals surface area contributed by atoms with Gasteiger partial charge in [-0.25, -0.2) is 0 Å². The van der Waals surface area contributed by atoms with Gasteiger partial charge in [0, 0.05) is 0 Å². The third-order valence-electron chi connectivity index (χ3n) is 6.77. The van der Waals surface area contributed by atoms with E-state index in [4.69, 9.17) is 97.5 Å². The molecule has 2 aliphatic rings. The Morgan fingerprint density at radius 1 is 0.590 bits per heavy atom. The topological polar surface area (TPSA) is 9.23 Å². The largest absolute Gasteiger partial charge is 0.458 e. The molecule has 0 amide bonds. The van der Waals surface area contributed by atoms with E-state index in [0.29, 0.717) is 0 Å². The summed E-state index contributed by atoms with van der Waals surface area (Å²) >= 11 is 55.6. The number of allylic oxidation sites excluding steroid dienone is 8. The normalized spacial score (nSPS) is 31.0. The Morgan fingerprint density at radius 3 is 1.23 bits per heavy atom. The molecule has 0 saturated carbocycles. The van der Waals surface area contributed by atoms with Crippen LogP contribution in [0.5, 0.6) is 0 Å². The molecular formula is C30H22Cl8O. The molecule has 39 heavy (non-hydrogen) atoms. The number of benzene rings is 2. The maximum absolute atomic E-state index is 7.25. The van der Waals surface area contributed by atoms with Gasteiger partial charge in [0.05, 0.1) is 29.9 Å². The fourth-order valence-corrected chi connectivity index (χ4v) is 7.26. The second-order valence-electron chi connectivity index (χ2n) is 9.25. The molecule has 0 bridgehead atoms. The molecule has 4 unspecified atom stereocenters. The van der Waals surface area contributed by atoms with Crippen LogP contribution in [-0.2, 0) is 17.6 Å². The minimum Gasteiger partial charge on any atom is -0.458 e. The zero-order valence-electron chi connectivity index (χ0n) is 20.3. The van der Waals surface area contributed by atoms with Crippen molar-refractivity contribution in [3.63, 3.8) is 0 Å². The molecule has 0 fully saturated rings. The standard InChI is InChI=1S/C30H22Cl8O/c1-3-29(37)25(23(33)21(31)17-27(29,35)15-19-11-7-5-8-12-19)39-26-24(34)22(32)18-28(36,30(26,38)4-2)16-20-13-9-6-10-14-20/h3-14,17-18H,1-2,15-16H2. The lowest BCUT2D eigenvalue weighted by Gasteiger charge is -2.46. The monoisotopic (exact) mass is 678 g/mol. The molecule has 0 N–H and O–H groups in total. The average molecular weight is 682 g/mol. The lowest BCUT2D eigenvalue weighted by Crippen LogP contribution is -2.52. The van der Waals surface area contributed by atoms with Gasteiger partial charge < -0.3 is 4.74 Å². The first-order valence-corrected chi connectivity index (χ1v) is 14.7. The molecule has 4 atom stereocenters. The predicted octanol–water partition coefficient (Wildman–Crippen LogP) is 10.9. The number of hydrogen-bond acceptors (Lipinski definition) is 1. The van der Waals surface area contributed by atoms with Crippen LogP contribution in [-0.4, -0.2) is 19.5 Å². The Labute approximate surface area is 268 Å². The van der Waals surface area contributed by atoms with E-state index in [-0.39, 0.29) is 44.5 Å². The first-order chi connectivity index (χ1) is 18.3. The van der Waals surface area contributed by atoms with Crippen molar-refractivity contribution in [1.82, 2.24) is 0 Å². The van der Waals surface area contributed by atoms with Gasteiger partial charge in [0.15, 0.2) is 11.5 Å². The van der Waals surface area contributed by atoms with Crippen LogP contribution < -0.4 is 0 Å². The summed E-state index contributed by atoms with van der Waals surface area (Å²) < 4.78 is 6.45. The van der Waals surface area contributed by atoms with Crippen molar-refractivity contribution in [2.75, 3.05) is 0 Å². The van der Waals surface area contributed by atoms with Gasteiger partial charge in [-0.2, -0.15) is 0 Å². The molecule has 2 aliphatic carbocycles. The highest BCUT2D eigenvalue weighted by Crippen LogP contribution is 2.57. The van der Waals surface area contributed by atoms with Gasteiger partial charge in [0.1, 0.15) is 9.75 Å². The van der Waals surface area contributed by atoms with Crippen LogP contribution in [0, 0.1) is 0 Å². The van der Waals surface area contributed by atoms with Gasteiger partial charge >= 0.3 is 0 Å². The van der Waals surface area contributed by atoms with Crippen molar-refractivity contribution in [1.29, 1.82) is 0 Å². The molecular weight excluding hydrogens is 660 g/mol. The molecule has 0 aliphatic heterocycles. The minimum atomic E-state index is -1.59. The van der Waals surface area contributed by atoms with E-state index < -0.39 is 19.5 Å². The van der Waals surface area contributed by atoms with Crippen LogP contribution in [0.1, 0.15) is 11.1 Å². The quantitative estimate of drug-likeness (QED) is 0.199. The van der Waals surface area contributed by atoms with E-state index in [0.717, 1.165) is 11.1 Å². The number of rotatable bonds is 8. The maximum Gasteiger partial charge on any atom is 0.151 e. The molecule has 0 aromatic heterocycles. The zero-order valence-corrected chi connectivity index (χ0v) is 26.4. The van der Waals surface area contributed by atoms with Crippen LogP contribution in [0.25, 0.3) is 0 Å². The zero-order chi connectivity index (χ0) is 28.6. The lowest BCUT2D eigenvalue weighted by atomic mass is 9.79. The summed E-state index contributed by atoms with van der Waals surface area (Å²) in [4.78, 5) is -5.86. The van der Waals surface area contributed by atoms with Crippen molar-refractivity contribution in [2.24, 2.45) is 0 Å². The summed E-state index contributed by atoms with van der Waals surface area (Å²) in [7, 11) is 0. The summed E-state index contributed by atoms with van der Waals surface area (Å²) in [6, 6.07) is 19.1. The SMILES string of the molecule is C=CC1(Cl)C(OC2=C(Cl)C(Cl)=CC(Cl)(Cc3ccccc3)C2(Cl)C=C)=C(Cl)C(Cl)=CC1(Cl)Cc1ccccc1. The van der Waals surface area contributed by atoms with Crippen molar-refractivity contribution in [3.8, 4) is 0 Å². The van der Waals surface area contributed by atoms with E-state index in [9.17, 15) is 0 Å². The Balaban J connectivity index is 1.83. The molecule has 0 heterocycles. The summed E-state index contributed by atoms with van der Waals surface area (Å²) in [6.07, 6.45) is 6.59. The molecule has 204 valence electrons. The molecule has 0 spiro atoms. The van der Waals surface area contributed by atoms with Gasteiger partial charge in [-0.3, -0.25) is 0 Å². The van der Waals surface area contributed by atoms with Crippen molar-refractivity contribution < 1.29 is 4.74 Å². The second kappa shape index (κ2) is 11.7. The molecule has 4 rings (SSSR count). The maximum atomic E-state index is 7.25. The van der Waals surface area contributed by atoms with Crippen LogP contribution >= 0.6 is 92.8 Å². The number of ether oxygens (including phenoxy) is 1. The first kappa shape index (κ1) is 30.9. The van der Waals surface area contributed by atoms with Gasteiger partial charge in [-0.05, 0) is 36.1 Å². The predicted molar refractivity (Wildman–Crippen MR) is 170 cm³/mol. The fourth-order valence-electron chi connectivity index (χ4n) is 4.66. The Morgan fingerprint density at radius 2 is 0.923 bits per heavy atom. The smallest absolute Gasteiger partial charge is 0.151 e. The highest BCUT2D eigenvalue weighted by molar-refractivity contribution is 6.49. The van der Waals surface area contributed by atoms with Crippen LogP contribution in [0.15, 0.2) is 130 Å². The molecule has 0 saturated heterocycles. The first-order valence-electron chi connectivity index (χ1n) is 11.7. The Bertz CT molecular complexity index is 1310. The number of alkyl halides is 4. The van der Waals surface area contributed by atoms with E-state index in [1.54, 1.807) is 12.2 Å². The highest BCUT2D eigenvalue weighted by atomic mass is 35.5. The molecule has 2 aromatic carbocycles. The highest BCUT2D eigenvalue weighted by Gasteiger charge is 2.58. The molecule has 9 heteroatoms. The fraction of sp³-hybridized carbons (Fsp3) is 0.200. The van der Waals surface area contributed by atoms with E-state index in [1.807, 2.05) is 60.7 Å². The van der Waals surface area contributed by atoms with Crippen molar-refractivity contribution in [2.45, 2.75) is 32.3 Å². The third-order valence-corrected chi connectivity index (χ3v) is 10.9. The Hall–Kier alpha value is -1.00. The summed E-state index contributed by atoms with van der Waals surface area (Å²) in [6.45, 7) is 7.89. The molecule has 1 nitrogen and oxygen atoms in total.